The van der Waals surface area contributed by atoms with E-state index in [9.17, 15) is 0 Å². The van der Waals surface area contributed by atoms with Crippen molar-refractivity contribution in [3.05, 3.63) is 21.0 Å². The Morgan fingerprint density at radius 1 is 1.70 bits per heavy atom. The van der Waals surface area contributed by atoms with E-state index in [-0.39, 0.29) is 0 Å². The quantitative estimate of drug-likeness (QED) is 0.447. The summed E-state index contributed by atoms with van der Waals surface area (Å²) in [4.78, 5) is 5.01. The minimum atomic E-state index is 0.597. The van der Waals surface area contributed by atoms with Gasteiger partial charge in [0.25, 0.3) is 0 Å². The summed E-state index contributed by atoms with van der Waals surface area (Å²) >= 11 is 9.65. The highest BCUT2D eigenvalue weighted by atomic mass is 127. The normalized spacial score (nSPS) is 9.90. The predicted octanol–water partition coefficient (Wildman–Crippen LogP) is 3.06. The number of rotatable bonds is 1. The molecule has 1 aromatic rings. The standard InChI is InChI=1S/C6H5ClINS/c1-10-5-4(8)2-3-9-6(5)7/h2-3H,1H3. The smallest absolute Gasteiger partial charge is 0.143 e. The Balaban J connectivity index is 3.17. The Bertz CT molecular complexity index is 221. The average molecular weight is 286 g/mol. The maximum absolute atomic E-state index is 5.79. The van der Waals surface area contributed by atoms with Gasteiger partial charge in [0.1, 0.15) is 5.15 Å². The molecule has 0 unspecified atom stereocenters. The molecule has 0 aliphatic rings. The zero-order valence-electron chi connectivity index (χ0n) is 5.27. The van der Waals surface area contributed by atoms with E-state index in [1.165, 1.54) is 0 Å². The summed E-state index contributed by atoms with van der Waals surface area (Å²) in [6.07, 6.45) is 3.70. The van der Waals surface area contributed by atoms with Crippen LogP contribution in [0.3, 0.4) is 0 Å². The van der Waals surface area contributed by atoms with E-state index in [0.717, 1.165) is 8.47 Å². The molecule has 0 aromatic carbocycles. The first-order valence-electron chi connectivity index (χ1n) is 2.59. The molecule has 0 N–H and O–H groups in total. The van der Waals surface area contributed by atoms with Crippen LogP contribution in [0.5, 0.6) is 0 Å². The summed E-state index contributed by atoms with van der Waals surface area (Å²) in [6, 6.07) is 1.94. The highest BCUT2D eigenvalue weighted by Gasteiger charge is 2.02. The van der Waals surface area contributed by atoms with Gasteiger partial charge in [0.05, 0.1) is 4.90 Å². The summed E-state index contributed by atoms with van der Waals surface area (Å²) in [5.41, 5.74) is 0. The second-order valence-corrected chi connectivity index (χ2v) is 3.95. The maximum atomic E-state index is 5.79. The number of aromatic nitrogens is 1. The van der Waals surface area contributed by atoms with Crippen LogP contribution in [0.4, 0.5) is 0 Å². The van der Waals surface area contributed by atoms with Crippen LogP contribution < -0.4 is 0 Å². The number of thioether (sulfide) groups is 1. The molecule has 0 amide bonds. The van der Waals surface area contributed by atoms with Crippen LogP contribution in [0.25, 0.3) is 0 Å². The van der Waals surface area contributed by atoms with Gasteiger partial charge in [-0.1, -0.05) is 11.6 Å². The Kier molecular flexibility index (Phi) is 3.26. The van der Waals surface area contributed by atoms with E-state index in [4.69, 9.17) is 11.6 Å². The topological polar surface area (TPSA) is 12.9 Å². The fraction of sp³-hybridized carbons (Fsp3) is 0.167. The molecule has 0 bridgehead atoms. The Labute approximate surface area is 82.7 Å². The van der Waals surface area contributed by atoms with E-state index in [1.807, 2.05) is 12.3 Å². The molecule has 1 aromatic heterocycles. The van der Waals surface area contributed by atoms with Crippen molar-refractivity contribution in [1.29, 1.82) is 0 Å². The Morgan fingerprint density at radius 2 is 2.40 bits per heavy atom. The van der Waals surface area contributed by atoms with E-state index >= 15 is 0 Å². The van der Waals surface area contributed by atoms with Crippen molar-refractivity contribution in [3.63, 3.8) is 0 Å². The first-order valence-corrected chi connectivity index (χ1v) is 5.28. The zero-order chi connectivity index (χ0) is 7.56. The van der Waals surface area contributed by atoms with Crippen LogP contribution >= 0.6 is 46.0 Å². The van der Waals surface area contributed by atoms with Gasteiger partial charge in [0.15, 0.2) is 0 Å². The van der Waals surface area contributed by atoms with E-state index in [2.05, 4.69) is 27.6 Å². The molecule has 1 rings (SSSR count). The van der Waals surface area contributed by atoms with Crippen molar-refractivity contribution >= 4 is 46.0 Å². The van der Waals surface area contributed by atoms with Crippen molar-refractivity contribution in [2.75, 3.05) is 6.26 Å². The summed E-state index contributed by atoms with van der Waals surface area (Å²) < 4.78 is 1.16. The van der Waals surface area contributed by atoms with Crippen LogP contribution in [0, 0.1) is 3.57 Å². The zero-order valence-corrected chi connectivity index (χ0v) is 9.00. The molecule has 0 aliphatic heterocycles. The summed E-state index contributed by atoms with van der Waals surface area (Å²) in [6.45, 7) is 0. The van der Waals surface area contributed by atoms with E-state index < -0.39 is 0 Å². The third kappa shape index (κ3) is 1.77. The monoisotopic (exact) mass is 285 g/mol. The van der Waals surface area contributed by atoms with Crippen LogP contribution in [-0.2, 0) is 0 Å². The number of hydrogen-bond acceptors (Lipinski definition) is 2. The maximum Gasteiger partial charge on any atom is 0.143 e. The molecule has 0 spiro atoms. The molecule has 1 heterocycles. The van der Waals surface area contributed by atoms with Gasteiger partial charge in [0.2, 0.25) is 0 Å². The van der Waals surface area contributed by atoms with Crippen molar-refractivity contribution in [3.8, 4) is 0 Å². The van der Waals surface area contributed by atoms with Crippen molar-refractivity contribution in [2.45, 2.75) is 4.90 Å². The molecule has 0 atom stereocenters. The molecule has 0 radical (unpaired) electrons. The number of halogens is 2. The molecule has 54 valence electrons. The minimum absolute atomic E-state index is 0.597. The van der Waals surface area contributed by atoms with Crippen LogP contribution in [-0.4, -0.2) is 11.2 Å². The van der Waals surface area contributed by atoms with Crippen LogP contribution in [0.15, 0.2) is 17.2 Å². The van der Waals surface area contributed by atoms with Crippen molar-refractivity contribution in [2.24, 2.45) is 0 Å². The fourth-order valence-electron chi connectivity index (χ4n) is 0.583. The van der Waals surface area contributed by atoms with E-state index in [0.29, 0.717) is 5.15 Å². The van der Waals surface area contributed by atoms with Gasteiger partial charge in [-0.05, 0) is 34.9 Å². The summed E-state index contributed by atoms with van der Waals surface area (Å²) in [5.74, 6) is 0. The average Bonchev–Trinajstić information content (AvgIpc) is 1.88. The molecule has 0 aliphatic carbocycles. The highest BCUT2D eigenvalue weighted by Crippen LogP contribution is 2.27. The van der Waals surface area contributed by atoms with Gasteiger partial charge in [-0.15, -0.1) is 11.8 Å². The van der Waals surface area contributed by atoms with Gasteiger partial charge < -0.3 is 0 Å². The number of nitrogens with zero attached hydrogens (tertiary/aromatic N) is 1. The number of pyridine rings is 1. The lowest BCUT2D eigenvalue weighted by Gasteiger charge is -1.99. The van der Waals surface area contributed by atoms with Crippen molar-refractivity contribution < 1.29 is 0 Å². The first kappa shape index (κ1) is 8.62. The van der Waals surface area contributed by atoms with Gasteiger partial charge in [-0.25, -0.2) is 4.98 Å². The van der Waals surface area contributed by atoms with Crippen molar-refractivity contribution in [1.82, 2.24) is 4.98 Å². The van der Waals surface area contributed by atoms with Crippen LogP contribution in [0.1, 0.15) is 0 Å². The molecule has 0 saturated heterocycles. The highest BCUT2D eigenvalue weighted by molar-refractivity contribution is 14.1. The van der Waals surface area contributed by atoms with Gasteiger partial charge >= 0.3 is 0 Å². The SMILES string of the molecule is CSc1c(I)ccnc1Cl. The third-order valence-electron chi connectivity index (χ3n) is 1.02. The number of hydrogen-bond donors (Lipinski definition) is 0. The molecular formula is C6H5ClINS. The van der Waals surface area contributed by atoms with Crippen LogP contribution in [0.2, 0.25) is 5.15 Å². The largest absolute Gasteiger partial charge is 0.243 e. The predicted molar refractivity (Wildman–Crippen MR) is 53.7 cm³/mol. The molecule has 0 saturated carbocycles. The second-order valence-electron chi connectivity index (χ2n) is 1.62. The molecule has 1 nitrogen and oxygen atoms in total. The molecule has 10 heavy (non-hydrogen) atoms. The fourth-order valence-corrected chi connectivity index (χ4v) is 2.69. The van der Waals surface area contributed by atoms with Gasteiger partial charge in [-0.2, -0.15) is 0 Å². The summed E-state index contributed by atoms with van der Waals surface area (Å²) in [7, 11) is 0. The summed E-state index contributed by atoms with van der Waals surface area (Å²) in [5, 5.41) is 0.597. The Hall–Kier alpha value is 0.520. The second kappa shape index (κ2) is 3.78. The van der Waals surface area contributed by atoms with E-state index in [1.54, 1.807) is 18.0 Å². The lowest BCUT2D eigenvalue weighted by atomic mass is 10.5. The van der Waals surface area contributed by atoms with Gasteiger partial charge in [-0.3, -0.25) is 0 Å². The lowest BCUT2D eigenvalue weighted by molar-refractivity contribution is 1.21. The van der Waals surface area contributed by atoms with Gasteiger partial charge in [0, 0.05) is 9.77 Å². The molecule has 0 fully saturated rings. The molecule has 4 heteroatoms. The minimum Gasteiger partial charge on any atom is -0.243 e. The third-order valence-corrected chi connectivity index (χ3v) is 3.50. The lowest BCUT2D eigenvalue weighted by Crippen LogP contribution is -1.82. The molecular weight excluding hydrogens is 280 g/mol. The first-order chi connectivity index (χ1) is 4.75. The Morgan fingerprint density at radius 3 is 2.80 bits per heavy atom.